The summed E-state index contributed by atoms with van der Waals surface area (Å²) in [7, 11) is 1.56. The molecule has 184 valence electrons. The summed E-state index contributed by atoms with van der Waals surface area (Å²) in [5.74, 6) is 1.01. The van der Waals surface area contributed by atoms with Crippen LogP contribution in [0.25, 0.3) is 10.9 Å². The lowest BCUT2D eigenvalue weighted by atomic mass is 10.1. The largest absolute Gasteiger partial charge is 0.493 e. The number of methoxy groups -OCH3 is 1. The molecule has 0 spiro atoms. The van der Waals surface area contributed by atoms with Gasteiger partial charge in [-0.2, -0.15) is 0 Å². The highest BCUT2D eigenvalue weighted by Crippen LogP contribution is 2.37. The Balaban J connectivity index is 1.32. The number of amides is 1. The number of ether oxygens (including phenoxy) is 3. The maximum atomic E-state index is 14.4. The number of aromatic nitrogens is 2. The Morgan fingerprint density at radius 3 is 2.77 bits per heavy atom. The third-order valence-electron chi connectivity index (χ3n) is 6.38. The third kappa shape index (κ3) is 4.97. The number of nitrogens with zero attached hydrogens (tertiary/aromatic N) is 3. The maximum absolute atomic E-state index is 14.4. The molecule has 0 radical (unpaired) electrons. The minimum atomic E-state index is -0.558. The van der Waals surface area contributed by atoms with E-state index in [-0.39, 0.29) is 28.8 Å². The van der Waals surface area contributed by atoms with Crippen molar-refractivity contribution in [3.8, 4) is 11.5 Å². The van der Waals surface area contributed by atoms with Crippen LogP contribution in [-0.2, 0) is 9.53 Å². The molecule has 1 atom stereocenters. The number of carbonyl (C=O) groups excluding carboxylic acids is 1. The number of halogens is 2. The van der Waals surface area contributed by atoms with Crippen molar-refractivity contribution < 1.29 is 23.4 Å². The molecule has 8 nitrogen and oxygen atoms in total. The molecule has 1 aromatic heterocycles. The van der Waals surface area contributed by atoms with E-state index in [1.807, 2.05) is 4.90 Å². The van der Waals surface area contributed by atoms with Crippen LogP contribution in [-0.4, -0.2) is 59.8 Å². The van der Waals surface area contributed by atoms with Gasteiger partial charge in [-0.15, -0.1) is 0 Å². The Kier molecular flexibility index (Phi) is 6.88. The minimum absolute atomic E-state index is 0.0187. The molecule has 0 unspecified atom stereocenters. The Morgan fingerprint density at radius 1 is 1.20 bits per heavy atom. The van der Waals surface area contributed by atoms with Gasteiger partial charge in [-0.25, -0.2) is 14.4 Å². The summed E-state index contributed by atoms with van der Waals surface area (Å²) in [4.78, 5) is 23.1. The van der Waals surface area contributed by atoms with Crippen molar-refractivity contribution >= 4 is 39.9 Å². The predicted octanol–water partition coefficient (Wildman–Crippen LogP) is 4.72. The average molecular weight is 501 g/mol. The molecule has 2 fully saturated rings. The fourth-order valence-corrected chi connectivity index (χ4v) is 4.67. The smallest absolute Gasteiger partial charge is 0.251 e. The molecule has 0 bridgehead atoms. The summed E-state index contributed by atoms with van der Waals surface area (Å²) in [6.07, 6.45) is 4.21. The molecule has 35 heavy (non-hydrogen) atoms. The first-order chi connectivity index (χ1) is 17.0. The van der Waals surface area contributed by atoms with E-state index >= 15 is 0 Å². The van der Waals surface area contributed by atoms with Crippen LogP contribution in [0.3, 0.4) is 0 Å². The Bertz CT molecular complexity index is 1230. The summed E-state index contributed by atoms with van der Waals surface area (Å²) in [5, 5.41) is 3.66. The number of carbonyl (C=O) groups is 1. The molecule has 2 aliphatic heterocycles. The van der Waals surface area contributed by atoms with Crippen LogP contribution in [0.4, 0.5) is 15.9 Å². The summed E-state index contributed by atoms with van der Waals surface area (Å²) in [5.41, 5.74) is 0.827. The highest BCUT2D eigenvalue weighted by molar-refractivity contribution is 6.31. The van der Waals surface area contributed by atoms with Crippen LogP contribution in [0.2, 0.25) is 5.02 Å². The number of hydrogen-bond acceptors (Lipinski definition) is 7. The second-order valence-electron chi connectivity index (χ2n) is 8.61. The number of fused-ring (bicyclic) bond motifs is 1. The lowest BCUT2D eigenvalue weighted by Gasteiger charge is -2.33. The highest BCUT2D eigenvalue weighted by atomic mass is 35.5. The number of rotatable bonds is 6. The van der Waals surface area contributed by atoms with Crippen molar-refractivity contribution in [1.29, 1.82) is 0 Å². The van der Waals surface area contributed by atoms with Crippen molar-refractivity contribution in [1.82, 2.24) is 14.9 Å². The summed E-state index contributed by atoms with van der Waals surface area (Å²) in [6.45, 7) is 1.91. The van der Waals surface area contributed by atoms with Crippen LogP contribution in [0.5, 0.6) is 11.5 Å². The lowest BCUT2D eigenvalue weighted by Crippen LogP contribution is -2.45. The number of nitrogens with one attached hydrogen (secondary N) is 1. The van der Waals surface area contributed by atoms with Crippen molar-refractivity contribution in [3.05, 3.63) is 47.5 Å². The minimum Gasteiger partial charge on any atom is -0.493 e. The second kappa shape index (κ2) is 10.2. The topological polar surface area (TPSA) is 85.8 Å². The fraction of sp³-hybridized carbons (Fsp3) is 0.400. The van der Waals surface area contributed by atoms with Crippen LogP contribution < -0.4 is 14.8 Å². The van der Waals surface area contributed by atoms with Crippen molar-refractivity contribution in [3.63, 3.8) is 0 Å². The van der Waals surface area contributed by atoms with Crippen molar-refractivity contribution in [2.45, 2.75) is 37.9 Å². The molecule has 0 aliphatic carbocycles. The van der Waals surface area contributed by atoms with E-state index in [4.69, 9.17) is 25.8 Å². The first-order valence-electron chi connectivity index (χ1n) is 11.6. The Morgan fingerprint density at radius 2 is 2.03 bits per heavy atom. The van der Waals surface area contributed by atoms with Gasteiger partial charge in [0.05, 0.1) is 23.3 Å². The molecular weight excluding hydrogens is 475 g/mol. The maximum Gasteiger partial charge on any atom is 0.251 e. The molecular formula is C25H26ClFN4O4. The first-order valence-corrected chi connectivity index (χ1v) is 12.0. The quantitative estimate of drug-likeness (QED) is 0.524. The van der Waals surface area contributed by atoms with E-state index in [2.05, 4.69) is 15.3 Å². The summed E-state index contributed by atoms with van der Waals surface area (Å²) in [6, 6.07) is 8.28. The van der Waals surface area contributed by atoms with Gasteiger partial charge in [0.2, 0.25) is 0 Å². The van der Waals surface area contributed by atoms with Gasteiger partial charge in [-0.05, 0) is 31.0 Å². The lowest BCUT2D eigenvalue weighted by molar-refractivity contribution is -0.142. The van der Waals surface area contributed by atoms with E-state index in [1.165, 1.54) is 12.4 Å². The number of anilines is 2. The molecule has 3 heterocycles. The molecule has 1 N–H and O–H groups in total. The molecule has 3 aromatic rings. The van der Waals surface area contributed by atoms with Crippen LogP contribution in [0.15, 0.2) is 36.7 Å². The standard InChI is InChI=1S/C25H26ClFN4O4/c1-33-21-12-16-19(28-14-29-24(16)30-18-5-2-4-17(26)23(18)27)13-22(21)35-15-7-9-31(10-8-15)25(32)20-6-3-11-34-20/h2,4-5,12-15,20H,3,6-11H2,1H3,(H,28,29,30)/t20-/m0/s1. The summed E-state index contributed by atoms with van der Waals surface area (Å²) < 4.78 is 31.8. The number of hydrogen-bond donors (Lipinski definition) is 1. The van der Waals surface area contributed by atoms with Gasteiger partial charge in [0, 0.05) is 44.0 Å². The van der Waals surface area contributed by atoms with Gasteiger partial charge in [0.1, 0.15) is 24.4 Å². The zero-order valence-corrected chi connectivity index (χ0v) is 20.1. The normalized spacial score (nSPS) is 18.6. The Hall–Kier alpha value is -3.17. The molecule has 0 saturated carbocycles. The van der Waals surface area contributed by atoms with Gasteiger partial charge >= 0.3 is 0 Å². The van der Waals surface area contributed by atoms with Crippen molar-refractivity contribution in [2.75, 3.05) is 32.1 Å². The number of likely N-dealkylation sites (tertiary alicyclic amines) is 1. The van der Waals surface area contributed by atoms with Gasteiger partial charge in [-0.1, -0.05) is 17.7 Å². The molecule has 1 amide bonds. The van der Waals surface area contributed by atoms with Crippen LogP contribution >= 0.6 is 11.6 Å². The van der Waals surface area contributed by atoms with Gasteiger partial charge < -0.3 is 24.4 Å². The van der Waals surface area contributed by atoms with E-state index in [1.54, 1.807) is 31.4 Å². The molecule has 2 aliphatic rings. The SMILES string of the molecule is COc1cc2c(Nc3cccc(Cl)c3F)ncnc2cc1OC1CCN(C(=O)[C@@H]2CCCO2)CC1. The van der Waals surface area contributed by atoms with Gasteiger partial charge in [0.15, 0.2) is 17.3 Å². The zero-order valence-electron chi connectivity index (χ0n) is 19.3. The van der Waals surface area contributed by atoms with E-state index in [9.17, 15) is 9.18 Å². The third-order valence-corrected chi connectivity index (χ3v) is 6.67. The van der Waals surface area contributed by atoms with E-state index < -0.39 is 5.82 Å². The molecule has 5 rings (SSSR count). The van der Waals surface area contributed by atoms with Crippen LogP contribution in [0.1, 0.15) is 25.7 Å². The fourth-order valence-electron chi connectivity index (χ4n) is 4.49. The second-order valence-corrected chi connectivity index (χ2v) is 9.02. The Labute approximate surface area is 207 Å². The van der Waals surface area contributed by atoms with Gasteiger partial charge in [0.25, 0.3) is 5.91 Å². The predicted molar refractivity (Wildman–Crippen MR) is 130 cm³/mol. The monoisotopic (exact) mass is 500 g/mol. The molecule has 10 heteroatoms. The van der Waals surface area contributed by atoms with E-state index in [0.717, 1.165) is 12.8 Å². The number of piperidine rings is 1. The van der Waals surface area contributed by atoms with Crippen LogP contribution in [0, 0.1) is 5.82 Å². The van der Waals surface area contributed by atoms with Crippen molar-refractivity contribution in [2.24, 2.45) is 0 Å². The molecule has 2 aromatic carbocycles. The number of benzene rings is 2. The first kappa shape index (κ1) is 23.6. The highest BCUT2D eigenvalue weighted by Gasteiger charge is 2.31. The van der Waals surface area contributed by atoms with Gasteiger partial charge in [-0.3, -0.25) is 4.79 Å². The zero-order chi connectivity index (χ0) is 24.4. The van der Waals surface area contributed by atoms with E-state index in [0.29, 0.717) is 60.8 Å². The summed E-state index contributed by atoms with van der Waals surface area (Å²) >= 11 is 5.91. The average Bonchev–Trinajstić information content (AvgIpc) is 3.42. The molecule has 2 saturated heterocycles.